The first-order chi connectivity index (χ1) is 11.2. The van der Waals surface area contributed by atoms with Crippen molar-refractivity contribution in [3.05, 3.63) is 47.9 Å². The summed E-state index contributed by atoms with van der Waals surface area (Å²) in [5.74, 6) is 2.12. The maximum absolute atomic E-state index is 12.5. The fraction of sp³-hybridized carbons (Fsp3) is 0.389. The minimum Gasteiger partial charge on any atom is -0.497 e. The van der Waals surface area contributed by atoms with Gasteiger partial charge in [0.15, 0.2) is 5.76 Å². The van der Waals surface area contributed by atoms with E-state index in [2.05, 4.69) is 11.0 Å². The van der Waals surface area contributed by atoms with Gasteiger partial charge in [-0.05, 0) is 24.3 Å². The van der Waals surface area contributed by atoms with Gasteiger partial charge in [0.25, 0.3) is 5.91 Å². The minimum absolute atomic E-state index is 0.0185. The van der Waals surface area contributed by atoms with Gasteiger partial charge in [-0.1, -0.05) is 13.0 Å². The average Bonchev–Trinajstić information content (AvgIpc) is 3.10. The van der Waals surface area contributed by atoms with E-state index < -0.39 is 0 Å². The Morgan fingerprint density at radius 3 is 2.61 bits per heavy atom. The smallest absolute Gasteiger partial charge is 0.289 e. The molecule has 0 radical (unpaired) electrons. The zero-order valence-corrected chi connectivity index (χ0v) is 13.6. The molecule has 1 aromatic carbocycles. The molecule has 1 aromatic heterocycles. The number of carbonyl (C=O) groups excluding carboxylic acids is 1. The van der Waals surface area contributed by atoms with Crippen LogP contribution in [0.25, 0.3) is 0 Å². The first-order valence-electron chi connectivity index (χ1n) is 7.98. The number of carbonyl (C=O) groups is 1. The SMILES string of the molecule is CCc1ccc(C(=O)N2CCN(c3cccc(OC)c3)CC2)o1. The molecule has 0 unspecified atom stereocenters. The predicted octanol–water partition coefficient (Wildman–Crippen LogP) is 2.81. The number of rotatable bonds is 4. The molecule has 122 valence electrons. The zero-order chi connectivity index (χ0) is 16.2. The van der Waals surface area contributed by atoms with Gasteiger partial charge in [-0.15, -0.1) is 0 Å². The van der Waals surface area contributed by atoms with Crippen molar-refractivity contribution < 1.29 is 13.9 Å². The van der Waals surface area contributed by atoms with Gasteiger partial charge in [0.05, 0.1) is 7.11 Å². The molecule has 5 heteroatoms. The summed E-state index contributed by atoms with van der Waals surface area (Å²) in [6.07, 6.45) is 0.802. The van der Waals surface area contributed by atoms with Crippen molar-refractivity contribution >= 4 is 11.6 Å². The Balaban J connectivity index is 1.62. The molecule has 2 heterocycles. The number of furan rings is 1. The van der Waals surface area contributed by atoms with Crippen molar-refractivity contribution in [1.82, 2.24) is 4.90 Å². The summed E-state index contributed by atoms with van der Waals surface area (Å²) in [4.78, 5) is 16.6. The number of ether oxygens (including phenoxy) is 1. The molecule has 1 aliphatic rings. The third-order valence-corrected chi connectivity index (χ3v) is 4.21. The molecule has 0 saturated carbocycles. The van der Waals surface area contributed by atoms with Crippen LogP contribution in [0.3, 0.4) is 0 Å². The van der Waals surface area contributed by atoms with Crippen molar-refractivity contribution in [2.24, 2.45) is 0 Å². The van der Waals surface area contributed by atoms with E-state index >= 15 is 0 Å². The van der Waals surface area contributed by atoms with Gasteiger partial charge in [0.1, 0.15) is 11.5 Å². The molecular formula is C18H22N2O3. The van der Waals surface area contributed by atoms with Crippen LogP contribution >= 0.6 is 0 Å². The van der Waals surface area contributed by atoms with E-state index in [1.165, 1.54) is 0 Å². The number of nitrogens with zero attached hydrogens (tertiary/aromatic N) is 2. The van der Waals surface area contributed by atoms with Crippen LogP contribution < -0.4 is 9.64 Å². The van der Waals surface area contributed by atoms with Crippen LogP contribution in [0, 0.1) is 0 Å². The van der Waals surface area contributed by atoms with Gasteiger partial charge in [-0.3, -0.25) is 4.79 Å². The quantitative estimate of drug-likeness (QED) is 0.870. The minimum atomic E-state index is -0.0185. The van der Waals surface area contributed by atoms with Gasteiger partial charge in [0, 0.05) is 44.4 Å². The Kier molecular flexibility index (Phi) is 4.55. The predicted molar refractivity (Wildman–Crippen MR) is 89.2 cm³/mol. The topological polar surface area (TPSA) is 45.9 Å². The number of aryl methyl sites for hydroxylation is 1. The highest BCUT2D eigenvalue weighted by Gasteiger charge is 2.24. The zero-order valence-electron chi connectivity index (χ0n) is 13.6. The van der Waals surface area contributed by atoms with Crippen LogP contribution in [0.5, 0.6) is 5.75 Å². The van der Waals surface area contributed by atoms with E-state index in [1.54, 1.807) is 13.2 Å². The molecule has 1 fully saturated rings. The summed E-state index contributed by atoms with van der Waals surface area (Å²) in [5.41, 5.74) is 1.13. The van der Waals surface area contributed by atoms with Gasteiger partial charge in [-0.25, -0.2) is 0 Å². The Hall–Kier alpha value is -2.43. The summed E-state index contributed by atoms with van der Waals surface area (Å²) in [6, 6.07) is 11.7. The van der Waals surface area contributed by atoms with Crippen LogP contribution in [-0.4, -0.2) is 44.1 Å². The Labute approximate surface area is 136 Å². The van der Waals surface area contributed by atoms with Gasteiger partial charge in [0.2, 0.25) is 0 Å². The molecule has 5 nitrogen and oxygen atoms in total. The second kappa shape index (κ2) is 6.77. The van der Waals surface area contributed by atoms with Crippen molar-refractivity contribution in [3.63, 3.8) is 0 Å². The van der Waals surface area contributed by atoms with E-state index in [1.807, 2.05) is 36.1 Å². The third kappa shape index (κ3) is 3.33. The third-order valence-electron chi connectivity index (χ3n) is 4.21. The molecule has 1 amide bonds. The van der Waals surface area contributed by atoms with Crippen LogP contribution in [0.4, 0.5) is 5.69 Å². The number of piperazine rings is 1. The summed E-state index contributed by atoms with van der Waals surface area (Å²) in [5, 5.41) is 0. The number of methoxy groups -OCH3 is 1. The van der Waals surface area contributed by atoms with Crippen LogP contribution in [0.1, 0.15) is 23.2 Å². The molecule has 3 rings (SSSR count). The van der Waals surface area contributed by atoms with Gasteiger partial charge < -0.3 is 19.0 Å². The maximum atomic E-state index is 12.5. The summed E-state index contributed by atoms with van der Waals surface area (Å²) < 4.78 is 10.8. The van der Waals surface area contributed by atoms with Gasteiger partial charge >= 0.3 is 0 Å². The molecule has 0 atom stereocenters. The number of amides is 1. The summed E-state index contributed by atoms with van der Waals surface area (Å²) in [7, 11) is 1.67. The average molecular weight is 314 g/mol. The monoisotopic (exact) mass is 314 g/mol. The Bertz CT molecular complexity index is 672. The fourth-order valence-electron chi connectivity index (χ4n) is 2.81. The number of hydrogen-bond donors (Lipinski definition) is 0. The largest absolute Gasteiger partial charge is 0.497 e. The van der Waals surface area contributed by atoms with E-state index in [-0.39, 0.29) is 5.91 Å². The second-order valence-electron chi connectivity index (χ2n) is 5.60. The molecular weight excluding hydrogens is 292 g/mol. The van der Waals surface area contributed by atoms with E-state index in [4.69, 9.17) is 9.15 Å². The lowest BCUT2D eigenvalue weighted by Gasteiger charge is -2.35. The Morgan fingerprint density at radius 1 is 1.17 bits per heavy atom. The highest BCUT2D eigenvalue weighted by atomic mass is 16.5. The first kappa shape index (κ1) is 15.5. The van der Waals surface area contributed by atoms with Crippen molar-refractivity contribution in [1.29, 1.82) is 0 Å². The maximum Gasteiger partial charge on any atom is 0.289 e. The molecule has 23 heavy (non-hydrogen) atoms. The molecule has 1 saturated heterocycles. The Morgan fingerprint density at radius 2 is 1.96 bits per heavy atom. The van der Waals surface area contributed by atoms with E-state index in [0.29, 0.717) is 18.8 Å². The van der Waals surface area contributed by atoms with Crippen molar-refractivity contribution in [3.8, 4) is 5.75 Å². The lowest BCUT2D eigenvalue weighted by atomic mass is 10.2. The van der Waals surface area contributed by atoms with Crippen LogP contribution in [-0.2, 0) is 6.42 Å². The molecule has 0 N–H and O–H groups in total. The highest BCUT2D eigenvalue weighted by Crippen LogP contribution is 2.22. The molecule has 0 aliphatic carbocycles. The number of benzene rings is 1. The number of anilines is 1. The molecule has 2 aromatic rings. The molecule has 1 aliphatic heterocycles. The van der Waals surface area contributed by atoms with Crippen LogP contribution in [0.2, 0.25) is 0 Å². The van der Waals surface area contributed by atoms with E-state index in [9.17, 15) is 4.79 Å². The highest BCUT2D eigenvalue weighted by molar-refractivity contribution is 5.91. The lowest BCUT2D eigenvalue weighted by Crippen LogP contribution is -2.48. The summed E-state index contributed by atoms with van der Waals surface area (Å²) in [6.45, 7) is 5.01. The van der Waals surface area contributed by atoms with Gasteiger partial charge in [-0.2, -0.15) is 0 Å². The fourth-order valence-corrected chi connectivity index (χ4v) is 2.81. The summed E-state index contributed by atoms with van der Waals surface area (Å²) >= 11 is 0. The molecule has 0 bridgehead atoms. The first-order valence-corrected chi connectivity index (χ1v) is 7.98. The van der Waals surface area contributed by atoms with E-state index in [0.717, 1.165) is 36.7 Å². The van der Waals surface area contributed by atoms with Crippen molar-refractivity contribution in [2.45, 2.75) is 13.3 Å². The second-order valence-corrected chi connectivity index (χ2v) is 5.60. The van der Waals surface area contributed by atoms with Crippen molar-refractivity contribution in [2.75, 3.05) is 38.2 Å². The molecule has 0 spiro atoms. The number of hydrogen-bond acceptors (Lipinski definition) is 4. The lowest BCUT2D eigenvalue weighted by molar-refractivity contribution is 0.0713. The normalized spacial score (nSPS) is 14.9. The van der Waals surface area contributed by atoms with Crippen LogP contribution in [0.15, 0.2) is 40.8 Å². The standard InChI is InChI=1S/C18H22N2O3/c1-3-15-7-8-17(23-15)18(21)20-11-9-19(10-12-20)14-5-4-6-16(13-14)22-2/h4-8,13H,3,9-12H2,1-2H3.